The van der Waals surface area contributed by atoms with Gasteiger partial charge in [-0.25, -0.2) is 0 Å². The number of para-hydroxylation sites is 1. The minimum absolute atomic E-state index is 0.0754. The molecule has 0 unspecified atom stereocenters. The Morgan fingerprint density at radius 2 is 1.86 bits per heavy atom. The fraction of sp³-hybridized carbons (Fsp3) is 0.579. The lowest BCUT2D eigenvalue weighted by Gasteiger charge is -2.54. The van der Waals surface area contributed by atoms with Gasteiger partial charge in [0.2, 0.25) is 0 Å². The number of rotatable bonds is 0. The fourth-order valence-electron chi connectivity index (χ4n) is 4.84. The summed E-state index contributed by atoms with van der Waals surface area (Å²) in [7, 11) is 0. The van der Waals surface area contributed by atoms with E-state index in [0.29, 0.717) is 25.2 Å². The largest absolute Gasteiger partial charge is 0.367 e. The van der Waals surface area contributed by atoms with Gasteiger partial charge in [0.15, 0.2) is 0 Å². The first-order valence-corrected chi connectivity index (χ1v) is 8.54. The quantitative estimate of drug-likeness (QED) is 0.690. The van der Waals surface area contributed by atoms with Gasteiger partial charge < -0.3 is 4.90 Å². The van der Waals surface area contributed by atoms with Crippen LogP contribution in [0.5, 0.6) is 0 Å². The highest BCUT2D eigenvalue weighted by Crippen LogP contribution is 2.49. The minimum Gasteiger partial charge on any atom is -0.367 e. The van der Waals surface area contributed by atoms with E-state index in [4.69, 9.17) is 0 Å². The molecule has 0 N–H and O–H groups in total. The van der Waals surface area contributed by atoms with Gasteiger partial charge in [-0.2, -0.15) is 0 Å². The lowest BCUT2D eigenvalue weighted by molar-refractivity contribution is -0.146. The Hall–Kier alpha value is -1.64. The molecule has 2 fully saturated rings. The maximum absolute atomic E-state index is 12.9. The third-order valence-electron chi connectivity index (χ3n) is 6.01. The summed E-state index contributed by atoms with van der Waals surface area (Å²) in [6, 6.07) is 8.42. The van der Waals surface area contributed by atoms with Crippen molar-refractivity contribution in [2.75, 3.05) is 11.4 Å². The van der Waals surface area contributed by atoms with Crippen molar-refractivity contribution in [1.29, 1.82) is 0 Å². The van der Waals surface area contributed by atoms with E-state index in [2.05, 4.69) is 30.0 Å². The molecule has 3 aliphatic rings. The van der Waals surface area contributed by atoms with Crippen molar-refractivity contribution in [2.24, 2.45) is 11.3 Å². The lowest BCUT2D eigenvalue weighted by atomic mass is 9.59. The van der Waals surface area contributed by atoms with Gasteiger partial charge in [-0.1, -0.05) is 25.1 Å². The average Bonchev–Trinajstić information content (AvgIpc) is 2.52. The van der Waals surface area contributed by atoms with Crippen molar-refractivity contribution >= 4 is 17.3 Å². The second-order valence-corrected chi connectivity index (χ2v) is 7.32. The molecule has 0 amide bonds. The van der Waals surface area contributed by atoms with Crippen molar-refractivity contribution in [3.63, 3.8) is 0 Å². The molecule has 1 aliphatic carbocycles. The molecule has 1 aromatic rings. The molecule has 3 nitrogen and oxygen atoms in total. The molecule has 2 aliphatic heterocycles. The van der Waals surface area contributed by atoms with E-state index in [0.717, 1.165) is 25.8 Å². The van der Waals surface area contributed by atoms with Gasteiger partial charge in [-0.3, -0.25) is 9.59 Å². The summed E-state index contributed by atoms with van der Waals surface area (Å²) >= 11 is 0. The van der Waals surface area contributed by atoms with Crippen molar-refractivity contribution in [1.82, 2.24) is 0 Å². The van der Waals surface area contributed by atoms with Crippen molar-refractivity contribution in [2.45, 2.75) is 51.5 Å². The molecule has 1 aromatic carbocycles. The van der Waals surface area contributed by atoms with Gasteiger partial charge in [-0.15, -0.1) is 0 Å². The van der Waals surface area contributed by atoms with Crippen LogP contribution in [-0.4, -0.2) is 24.2 Å². The minimum atomic E-state index is -0.763. The zero-order valence-corrected chi connectivity index (χ0v) is 13.2. The molecular formula is C19H23NO2. The maximum Gasteiger partial charge on any atom is 0.148 e. The van der Waals surface area contributed by atoms with Crippen molar-refractivity contribution in [3.8, 4) is 0 Å². The zero-order chi connectivity index (χ0) is 15.3. The van der Waals surface area contributed by atoms with Crippen LogP contribution in [0.3, 0.4) is 0 Å². The molecule has 1 saturated carbocycles. The molecule has 0 aromatic heterocycles. The fourth-order valence-corrected chi connectivity index (χ4v) is 4.84. The van der Waals surface area contributed by atoms with Crippen LogP contribution in [0.4, 0.5) is 5.69 Å². The van der Waals surface area contributed by atoms with E-state index >= 15 is 0 Å². The highest BCUT2D eigenvalue weighted by molar-refractivity contribution is 6.11. The molecule has 2 atom stereocenters. The number of piperidine rings is 1. The molecule has 1 spiro atoms. The molecule has 4 rings (SSSR count). The van der Waals surface area contributed by atoms with E-state index < -0.39 is 5.41 Å². The lowest BCUT2D eigenvalue weighted by Crippen LogP contribution is -2.63. The second-order valence-electron chi connectivity index (χ2n) is 7.32. The van der Waals surface area contributed by atoms with Crippen molar-refractivity contribution < 1.29 is 9.59 Å². The Morgan fingerprint density at radius 1 is 1.14 bits per heavy atom. The van der Waals surface area contributed by atoms with Gasteiger partial charge >= 0.3 is 0 Å². The van der Waals surface area contributed by atoms with Gasteiger partial charge in [0.25, 0.3) is 0 Å². The van der Waals surface area contributed by atoms with Crippen molar-refractivity contribution in [3.05, 3.63) is 29.8 Å². The van der Waals surface area contributed by atoms with E-state index in [-0.39, 0.29) is 17.6 Å². The number of hydrogen-bond acceptors (Lipinski definition) is 3. The standard InChI is InChI=1S/C19H23NO2/c1-13-9-10-20-15-6-3-2-5-14(15)12-19(16(20)11-13)17(21)7-4-8-18(19)22/h2-3,5-6,13,16H,4,7-12H2,1H3/t13-,16+/m0/s1. The molecule has 0 bridgehead atoms. The predicted octanol–water partition coefficient (Wildman–Crippen LogP) is 3.16. The molecule has 3 heteroatoms. The Morgan fingerprint density at radius 3 is 2.64 bits per heavy atom. The number of carbonyl (C=O) groups is 2. The normalized spacial score (nSPS) is 30.1. The third kappa shape index (κ3) is 1.81. The van der Waals surface area contributed by atoms with Crippen LogP contribution in [0.15, 0.2) is 24.3 Å². The SMILES string of the molecule is C[C@H]1CCN2c3ccccc3CC3(C(=O)CCCC3=O)[C@H]2C1. The number of hydrogen-bond donors (Lipinski definition) is 0. The Labute approximate surface area is 131 Å². The molecule has 116 valence electrons. The Balaban J connectivity index is 1.88. The predicted molar refractivity (Wildman–Crippen MR) is 86.0 cm³/mol. The summed E-state index contributed by atoms with van der Waals surface area (Å²) in [6.45, 7) is 3.22. The van der Waals surface area contributed by atoms with Crippen LogP contribution in [-0.2, 0) is 16.0 Å². The molecule has 1 saturated heterocycles. The van der Waals surface area contributed by atoms with Crippen LogP contribution in [0.1, 0.15) is 44.6 Å². The molecular weight excluding hydrogens is 274 g/mol. The first kappa shape index (κ1) is 14.0. The maximum atomic E-state index is 12.9. The van der Waals surface area contributed by atoms with Crippen LogP contribution >= 0.6 is 0 Å². The van der Waals surface area contributed by atoms with Gasteiger partial charge in [0.1, 0.15) is 17.0 Å². The Kier molecular flexibility index (Phi) is 3.14. The number of fused-ring (bicyclic) bond motifs is 4. The van der Waals surface area contributed by atoms with Crippen LogP contribution in [0, 0.1) is 11.3 Å². The van der Waals surface area contributed by atoms with Gasteiger partial charge in [0.05, 0.1) is 0 Å². The summed E-state index contributed by atoms with van der Waals surface area (Å²) in [4.78, 5) is 28.2. The second kappa shape index (κ2) is 4.94. The summed E-state index contributed by atoms with van der Waals surface area (Å²) in [5.41, 5.74) is 1.66. The zero-order valence-electron chi connectivity index (χ0n) is 13.2. The van der Waals surface area contributed by atoms with E-state index in [1.807, 2.05) is 6.07 Å². The van der Waals surface area contributed by atoms with Crippen LogP contribution in [0.2, 0.25) is 0 Å². The highest BCUT2D eigenvalue weighted by atomic mass is 16.2. The summed E-state index contributed by atoms with van der Waals surface area (Å²) in [5, 5.41) is 0. The number of Topliss-reactive ketones (excluding diaryl/α,β-unsaturated/α-hetero) is 2. The monoisotopic (exact) mass is 297 g/mol. The average molecular weight is 297 g/mol. The number of benzene rings is 1. The van der Waals surface area contributed by atoms with E-state index in [1.54, 1.807) is 0 Å². The number of anilines is 1. The topological polar surface area (TPSA) is 37.4 Å². The third-order valence-corrected chi connectivity index (χ3v) is 6.01. The van der Waals surface area contributed by atoms with Gasteiger partial charge in [0, 0.05) is 31.1 Å². The smallest absolute Gasteiger partial charge is 0.148 e. The summed E-state index contributed by atoms with van der Waals surface area (Å²) < 4.78 is 0. The van der Waals surface area contributed by atoms with Crippen LogP contribution < -0.4 is 4.90 Å². The first-order valence-electron chi connectivity index (χ1n) is 8.54. The highest BCUT2D eigenvalue weighted by Gasteiger charge is 2.57. The van der Waals surface area contributed by atoms with E-state index in [9.17, 15) is 9.59 Å². The van der Waals surface area contributed by atoms with Crippen LogP contribution in [0.25, 0.3) is 0 Å². The molecule has 0 radical (unpaired) electrons. The number of ketones is 2. The summed E-state index contributed by atoms with van der Waals surface area (Å²) in [6.07, 6.45) is 4.62. The number of carbonyl (C=O) groups excluding carboxylic acids is 2. The first-order chi connectivity index (χ1) is 10.6. The number of nitrogens with zero attached hydrogens (tertiary/aromatic N) is 1. The van der Waals surface area contributed by atoms with E-state index in [1.165, 1.54) is 11.3 Å². The molecule has 2 heterocycles. The molecule has 22 heavy (non-hydrogen) atoms. The van der Waals surface area contributed by atoms with Gasteiger partial charge in [-0.05, 0) is 43.2 Å². The summed E-state index contributed by atoms with van der Waals surface area (Å²) in [5.74, 6) is 0.982. The Bertz CT molecular complexity index is 620.